The number of ether oxygens (including phenoxy) is 1. The number of methoxy groups -OCH3 is 1. The van der Waals surface area contributed by atoms with Crippen molar-refractivity contribution < 1.29 is 9.84 Å². The monoisotopic (exact) mass is 330 g/mol. The summed E-state index contributed by atoms with van der Waals surface area (Å²) in [4.78, 5) is 0. The van der Waals surface area contributed by atoms with Gasteiger partial charge < -0.3 is 9.84 Å². The quantitative estimate of drug-likeness (QED) is 0.671. The maximum atomic E-state index is 11.0. The fourth-order valence-electron chi connectivity index (χ4n) is 2.88. The van der Waals surface area contributed by atoms with Crippen LogP contribution in [0.1, 0.15) is 28.7 Å². The van der Waals surface area contributed by atoms with Gasteiger partial charge in [-0.1, -0.05) is 84.9 Å². The van der Waals surface area contributed by atoms with Crippen molar-refractivity contribution in [3.8, 4) is 5.75 Å². The molecule has 0 saturated carbocycles. The van der Waals surface area contributed by atoms with Gasteiger partial charge in [0, 0.05) is 5.92 Å². The molecule has 1 N–H and O–H groups in total. The average Bonchev–Trinajstić information content (AvgIpc) is 2.69. The van der Waals surface area contributed by atoms with Crippen molar-refractivity contribution in [2.75, 3.05) is 7.11 Å². The molecule has 2 atom stereocenters. The van der Waals surface area contributed by atoms with E-state index in [1.165, 1.54) is 0 Å². The third-order valence-corrected chi connectivity index (χ3v) is 4.26. The molecule has 0 aliphatic heterocycles. The molecule has 0 unspecified atom stereocenters. The normalized spacial score (nSPS) is 13.5. The molecule has 0 aromatic heterocycles. The van der Waals surface area contributed by atoms with Gasteiger partial charge in [0.15, 0.2) is 0 Å². The first-order valence-corrected chi connectivity index (χ1v) is 8.38. The number of rotatable bonds is 6. The smallest absolute Gasteiger partial charge is 0.119 e. The summed E-state index contributed by atoms with van der Waals surface area (Å²) in [6.45, 7) is 0. The molecule has 0 radical (unpaired) electrons. The zero-order valence-electron chi connectivity index (χ0n) is 14.2. The first kappa shape index (κ1) is 17.0. The van der Waals surface area contributed by atoms with Crippen LogP contribution in [0, 0.1) is 0 Å². The predicted octanol–water partition coefficient (Wildman–Crippen LogP) is 5.23. The predicted molar refractivity (Wildman–Crippen MR) is 103 cm³/mol. The highest BCUT2D eigenvalue weighted by molar-refractivity contribution is 5.51. The summed E-state index contributed by atoms with van der Waals surface area (Å²) in [5, 5.41) is 11.0. The van der Waals surface area contributed by atoms with Crippen LogP contribution in [0.4, 0.5) is 0 Å². The second-order valence-corrected chi connectivity index (χ2v) is 5.93. The zero-order valence-corrected chi connectivity index (χ0v) is 14.2. The van der Waals surface area contributed by atoms with Gasteiger partial charge in [-0.15, -0.1) is 0 Å². The molecule has 25 heavy (non-hydrogen) atoms. The van der Waals surface area contributed by atoms with Crippen LogP contribution >= 0.6 is 0 Å². The minimum Gasteiger partial charge on any atom is -0.497 e. The van der Waals surface area contributed by atoms with Crippen LogP contribution in [0.3, 0.4) is 0 Å². The molecule has 0 amide bonds. The summed E-state index contributed by atoms with van der Waals surface area (Å²) in [6, 6.07) is 27.7. The van der Waals surface area contributed by atoms with Crippen molar-refractivity contribution in [3.05, 3.63) is 108 Å². The van der Waals surface area contributed by atoms with Crippen LogP contribution in [0.15, 0.2) is 91.0 Å². The molecule has 0 saturated heterocycles. The Morgan fingerprint density at radius 2 is 1.44 bits per heavy atom. The molecule has 0 bridgehead atoms. The summed E-state index contributed by atoms with van der Waals surface area (Å²) in [5.74, 6) is 0.619. The highest BCUT2D eigenvalue weighted by Crippen LogP contribution is 2.34. The standard InChI is InChI=1S/C23H22O2/c1-25-21-14-8-13-20(17-21)22(16-15-18-9-4-2-5-10-18)23(24)19-11-6-3-7-12-19/h2-17,22-24H,1H3/t22-,23-/m0/s1. The summed E-state index contributed by atoms with van der Waals surface area (Å²) in [7, 11) is 1.65. The second-order valence-electron chi connectivity index (χ2n) is 5.93. The van der Waals surface area contributed by atoms with Gasteiger partial charge in [0.25, 0.3) is 0 Å². The number of benzene rings is 3. The van der Waals surface area contributed by atoms with Crippen LogP contribution < -0.4 is 4.74 Å². The average molecular weight is 330 g/mol. The van der Waals surface area contributed by atoms with Crippen molar-refractivity contribution >= 4 is 6.08 Å². The zero-order chi connectivity index (χ0) is 17.5. The first-order valence-electron chi connectivity index (χ1n) is 8.38. The lowest BCUT2D eigenvalue weighted by Gasteiger charge is -2.21. The van der Waals surface area contributed by atoms with Gasteiger partial charge in [-0.25, -0.2) is 0 Å². The summed E-state index contributed by atoms with van der Waals surface area (Å²) < 4.78 is 5.35. The molecule has 0 spiro atoms. The number of aliphatic hydroxyl groups excluding tert-OH is 1. The molecule has 126 valence electrons. The minimum absolute atomic E-state index is 0.169. The van der Waals surface area contributed by atoms with Crippen LogP contribution in [0.25, 0.3) is 6.08 Å². The van der Waals surface area contributed by atoms with E-state index in [-0.39, 0.29) is 5.92 Å². The molecule has 2 heteroatoms. The fraction of sp³-hybridized carbons (Fsp3) is 0.130. The Kier molecular flexibility index (Phi) is 5.65. The molecule has 0 heterocycles. The minimum atomic E-state index is -0.631. The van der Waals surface area contributed by atoms with Crippen molar-refractivity contribution in [1.29, 1.82) is 0 Å². The van der Waals surface area contributed by atoms with E-state index in [2.05, 4.69) is 12.2 Å². The molecule has 3 aromatic rings. The maximum absolute atomic E-state index is 11.0. The molecule has 0 aliphatic rings. The van der Waals surface area contributed by atoms with E-state index in [0.717, 1.165) is 22.4 Å². The Hall–Kier alpha value is -2.84. The number of aliphatic hydroxyl groups is 1. The third-order valence-electron chi connectivity index (χ3n) is 4.26. The van der Waals surface area contributed by atoms with Gasteiger partial charge in [-0.3, -0.25) is 0 Å². The van der Waals surface area contributed by atoms with Crippen LogP contribution in [-0.2, 0) is 0 Å². The van der Waals surface area contributed by atoms with Crippen molar-refractivity contribution in [3.63, 3.8) is 0 Å². The van der Waals surface area contributed by atoms with Crippen molar-refractivity contribution in [2.45, 2.75) is 12.0 Å². The van der Waals surface area contributed by atoms with Gasteiger partial charge in [0.1, 0.15) is 5.75 Å². The molecule has 3 rings (SSSR count). The van der Waals surface area contributed by atoms with Gasteiger partial charge in [0.05, 0.1) is 13.2 Å². The van der Waals surface area contributed by atoms with Gasteiger partial charge in [-0.05, 0) is 28.8 Å². The lowest BCUT2D eigenvalue weighted by Crippen LogP contribution is -2.09. The fourth-order valence-corrected chi connectivity index (χ4v) is 2.88. The van der Waals surface area contributed by atoms with E-state index in [0.29, 0.717) is 0 Å². The van der Waals surface area contributed by atoms with Gasteiger partial charge >= 0.3 is 0 Å². The summed E-state index contributed by atoms with van der Waals surface area (Å²) in [5.41, 5.74) is 3.02. The highest BCUT2D eigenvalue weighted by atomic mass is 16.5. The Labute approximate surface area is 149 Å². The molecule has 0 aliphatic carbocycles. The lowest BCUT2D eigenvalue weighted by molar-refractivity contribution is 0.162. The van der Waals surface area contributed by atoms with Crippen LogP contribution in [0.2, 0.25) is 0 Å². The topological polar surface area (TPSA) is 29.5 Å². The first-order chi connectivity index (χ1) is 12.3. The van der Waals surface area contributed by atoms with Gasteiger partial charge in [-0.2, -0.15) is 0 Å². The largest absolute Gasteiger partial charge is 0.497 e. The van der Waals surface area contributed by atoms with E-state index < -0.39 is 6.10 Å². The Morgan fingerprint density at radius 3 is 2.12 bits per heavy atom. The molecule has 3 aromatic carbocycles. The Morgan fingerprint density at radius 1 is 0.800 bits per heavy atom. The summed E-state index contributed by atoms with van der Waals surface area (Å²) in [6.07, 6.45) is 3.48. The Bertz CT molecular complexity index is 810. The maximum Gasteiger partial charge on any atom is 0.119 e. The van der Waals surface area contributed by atoms with E-state index in [1.54, 1.807) is 7.11 Å². The van der Waals surface area contributed by atoms with Crippen LogP contribution in [-0.4, -0.2) is 12.2 Å². The molecule has 2 nitrogen and oxygen atoms in total. The lowest BCUT2D eigenvalue weighted by atomic mass is 9.88. The second kappa shape index (κ2) is 8.32. The van der Waals surface area contributed by atoms with Crippen molar-refractivity contribution in [1.82, 2.24) is 0 Å². The SMILES string of the molecule is COc1cccc([C@H](C=Cc2ccccc2)[C@@H](O)c2ccccc2)c1. The molecular formula is C23H22O2. The van der Waals surface area contributed by atoms with E-state index in [1.807, 2.05) is 84.9 Å². The van der Waals surface area contributed by atoms with Crippen molar-refractivity contribution in [2.24, 2.45) is 0 Å². The molecule has 0 fully saturated rings. The van der Waals surface area contributed by atoms with E-state index >= 15 is 0 Å². The highest BCUT2D eigenvalue weighted by Gasteiger charge is 2.20. The molecular weight excluding hydrogens is 308 g/mol. The van der Waals surface area contributed by atoms with E-state index in [4.69, 9.17) is 4.74 Å². The van der Waals surface area contributed by atoms with E-state index in [9.17, 15) is 5.11 Å². The van der Waals surface area contributed by atoms with Crippen LogP contribution in [0.5, 0.6) is 5.75 Å². The summed E-state index contributed by atoms with van der Waals surface area (Å²) >= 11 is 0. The number of hydrogen-bond donors (Lipinski definition) is 1. The third kappa shape index (κ3) is 4.37. The van der Waals surface area contributed by atoms with Gasteiger partial charge in [0.2, 0.25) is 0 Å². The number of hydrogen-bond acceptors (Lipinski definition) is 2. The Balaban J connectivity index is 1.97.